The van der Waals surface area contributed by atoms with Gasteiger partial charge in [0, 0.05) is 49.8 Å². The molecule has 196 valence electrons. The highest BCUT2D eigenvalue weighted by Gasteiger charge is 2.31. The summed E-state index contributed by atoms with van der Waals surface area (Å²) in [5.41, 5.74) is 6.42. The fraction of sp³-hybridized carbons (Fsp3) is 0.276. The van der Waals surface area contributed by atoms with Crippen molar-refractivity contribution in [2.45, 2.75) is 32.6 Å². The van der Waals surface area contributed by atoms with Gasteiger partial charge in [-0.25, -0.2) is 14.6 Å². The molecule has 1 aromatic carbocycles. The summed E-state index contributed by atoms with van der Waals surface area (Å²) >= 11 is 8.19. The lowest BCUT2D eigenvalue weighted by atomic mass is 9.95. The summed E-state index contributed by atoms with van der Waals surface area (Å²) in [5, 5.41) is 8.80. The normalized spacial score (nSPS) is 13.6. The van der Waals surface area contributed by atoms with Crippen LogP contribution in [0.2, 0.25) is 5.02 Å². The minimum atomic E-state index is -0.171. The van der Waals surface area contributed by atoms with Crippen LogP contribution in [0.5, 0.6) is 0 Å². The highest BCUT2D eigenvalue weighted by Crippen LogP contribution is 2.44. The molecule has 0 saturated heterocycles. The number of hydrogen-bond donors (Lipinski definition) is 1. The smallest absolute Gasteiger partial charge is 0.253 e. The molecule has 2 aliphatic carbocycles. The Balaban J connectivity index is 1.48. The van der Waals surface area contributed by atoms with E-state index in [1.165, 1.54) is 36.0 Å². The molecule has 0 spiro atoms. The van der Waals surface area contributed by atoms with Gasteiger partial charge in [0.2, 0.25) is 5.91 Å². The SMILES string of the molecule is CC(=O)Nc1nc2c(s1)-c1c(c(-c3ccc(C#CC4CC4)nc3)nn1-c1ccc(C(=O)N(C)C)cc1Cl)CC2. The Morgan fingerprint density at radius 3 is 2.67 bits per heavy atom. The fourth-order valence-corrected chi connectivity index (χ4v) is 5.94. The molecule has 3 heterocycles. The van der Waals surface area contributed by atoms with Gasteiger partial charge in [0.1, 0.15) is 5.69 Å². The molecule has 0 atom stereocenters. The topological polar surface area (TPSA) is 93.0 Å². The van der Waals surface area contributed by atoms with Crippen molar-refractivity contribution >= 4 is 39.9 Å². The Hall–Kier alpha value is -4.00. The number of benzene rings is 1. The number of nitrogens with zero attached hydrogens (tertiary/aromatic N) is 5. The van der Waals surface area contributed by atoms with E-state index in [0.717, 1.165) is 51.6 Å². The number of carbonyl (C=O) groups excluding carboxylic acids is 2. The van der Waals surface area contributed by atoms with Crippen LogP contribution in [0.3, 0.4) is 0 Å². The van der Waals surface area contributed by atoms with Crippen LogP contribution in [0, 0.1) is 17.8 Å². The maximum atomic E-state index is 12.5. The monoisotopic (exact) mass is 556 g/mol. The van der Waals surface area contributed by atoms with Crippen molar-refractivity contribution in [1.29, 1.82) is 0 Å². The van der Waals surface area contributed by atoms with Crippen LogP contribution >= 0.6 is 22.9 Å². The number of nitrogens with one attached hydrogen (secondary N) is 1. The number of fused-ring (bicyclic) bond motifs is 3. The van der Waals surface area contributed by atoms with Crippen LogP contribution in [0.15, 0.2) is 36.5 Å². The van der Waals surface area contributed by atoms with Crippen LogP contribution in [0.4, 0.5) is 5.13 Å². The minimum absolute atomic E-state index is 0.132. The number of carbonyl (C=O) groups is 2. The second-order valence-electron chi connectivity index (χ2n) is 9.91. The summed E-state index contributed by atoms with van der Waals surface area (Å²) in [4.78, 5) is 35.9. The van der Waals surface area contributed by atoms with Crippen molar-refractivity contribution in [3.05, 3.63) is 64.1 Å². The molecule has 0 bridgehead atoms. The molecule has 0 radical (unpaired) electrons. The number of rotatable bonds is 4. The van der Waals surface area contributed by atoms with E-state index >= 15 is 0 Å². The van der Waals surface area contributed by atoms with Gasteiger partial charge in [-0.05, 0) is 61.9 Å². The first-order chi connectivity index (χ1) is 18.8. The predicted octanol–water partition coefficient (Wildman–Crippen LogP) is 5.23. The van der Waals surface area contributed by atoms with Crippen molar-refractivity contribution in [1.82, 2.24) is 24.6 Å². The highest BCUT2D eigenvalue weighted by molar-refractivity contribution is 7.19. The van der Waals surface area contributed by atoms with Gasteiger partial charge >= 0.3 is 0 Å². The lowest BCUT2D eigenvalue weighted by molar-refractivity contribution is -0.114. The highest BCUT2D eigenvalue weighted by atomic mass is 35.5. The van der Waals surface area contributed by atoms with Crippen LogP contribution in [-0.2, 0) is 17.6 Å². The molecule has 3 aromatic heterocycles. The molecular weight excluding hydrogens is 532 g/mol. The van der Waals surface area contributed by atoms with Gasteiger partial charge in [-0.2, -0.15) is 5.10 Å². The third kappa shape index (κ3) is 4.93. The quantitative estimate of drug-likeness (QED) is 0.347. The van der Waals surface area contributed by atoms with Crippen LogP contribution < -0.4 is 5.32 Å². The number of halogens is 1. The molecule has 2 aliphatic rings. The van der Waals surface area contributed by atoms with E-state index in [9.17, 15) is 9.59 Å². The average Bonchev–Trinajstić information content (AvgIpc) is 3.53. The summed E-state index contributed by atoms with van der Waals surface area (Å²) in [7, 11) is 3.41. The number of pyridine rings is 1. The van der Waals surface area contributed by atoms with Gasteiger partial charge in [-0.3, -0.25) is 9.59 Å². The van der Waals surface area contributed by atoms with Crippen LogP contribution in [0.25, 0.3) is 27.5 Å². The maximum absolute atomic E-state index is 12.5. The summed E-state index contributed by atoms with van der Waals surface area (Å²) in [5.74, 6) is 6.62. The third-order valence-corrected chi connectivity index (χ3v) is 7.96. The zero-order valence-electron chi connectivity index (χ0n) is 21.7. The molecule has 1 saturated carbocycles. The van der Waals surface area contributed by atoms with E-state index in [4.69, 9.17) is 16.7 Å². The molecule has 8 nitrogen and oxygen atoms in total. The summed E-state index contributed by atoms with van der Waals surface area (Å²) in [6.45, 7) is 1.47. The second kappa shape index (κ2) is 9.95. The Morgan fingerprint density at radius 2 is 2.00 bits per heavy atom. The number of hydrogen-bond acceptors (Lipinski definition) is 6. The molecule has 1 N–H and O–H groups in total. The zero-order valence-corrected chi connectivity index (χ0v) is 23.3. The Labute approximate surface area is 235 Å². The standard InChI is InChI=1S/C29H25ClN6O2S/c1-16(37)32-29-33-23-12-11-21-25(19-7-10-20(31-15-19)9-6-17-4-5-17)34-36(26(21)27(23)39-29)24-13-8-18(14-22(24)30)28(38)35(2)3/h7-8,10,13-15,17H,4-5,11-12H2,1-3H3,(H,32,33,37). The number of aromatic nitrogens is 4. The molecule has 4 aromatic rings. The van der Waals surface area contributed by atoms with Crippen molar-refractivity contribution < 1.29 is 9.59 Å². The molecule has 1 fully saturated rings. The Kier molecular flexibility index (Phi) is 6.45. The first kappa shape index (κ1) is 25.3. The van der Waals surface area contributed by atoms with Gasteiger partial charge in [0.25, 0.3) is 5.91 Å². The van der Waals surface area contributed by atoms with Gasteiger partial charge < -0.3 is 10.2 Å². The average molecular weight is 557 g/mol. The Bertz CT molecular complexity index is 1690. The molecule has 0 aliphatic heterocycles. The van der Waals surface area contributed by atoms with Gasteiger partial charge in [-0.1, -0.05) is 28.9 Å². The van der Waals surface area contributed by atoms with E-state index in [1.807, 2.05) is 29.1 Å². The second-order valence-corrected chi connectivity index (χ2v) is 11.3. The number of anilines is 1. The van der Waals surface area contributed by atoms with Crippen molar-refractivity contribution in [2.24, 2.45) is 5.92 Å². The maximum Gasteiger partial charge on any atom is 0.253 e. The summed E-state index contributed by atoms with van der Waals surface area (Å²) in [6.07, 6.45) is 5.60. The van der Waals surface area contributed by atoms with Gasteiger partial charge in [0.05, 0.1) is 32.7 Å². The zero-order chi connectivity index (χ0) is 27.3. The molecule has 10 heteroatoms. The van der Waals surface area contributed by atoms with E-state index in [0.29, 0.717) is 27.3 Å². The molecule has 6 rings (SSSR count). The number of aryl methyl sites for hydroxylation is 1. The van der Waals surface area contributed by atoms with Crippen molar-refractivity contribution in [2.75, 3.05) is 19.4 Å². The third-order valence-electron chi connectivity index (χ3n) is 6.64. The first-order valence-electron chi connectivity index (χ1n) is 12.7. The van der Waals surface area contributed by atoms with Crippen molar-refractivity contribution in [3.63, 3.8) is 0 Å². The lowest BCUT2D eigenvalue weighted by Crippen LogP contribution is -2.21. The largest absolute Gasteiger partial charge is 0.345 e. The molecular formula is C29H25ClN6O2S. The van der Waals surface area contributed by atoms with Gasteiger partial charge in [0.15, 0.2) is 5.13 Å². The van der Waals surface area contributed by atoms with Crippen LogP contribution in [-0.4, -0.2) is 50.6 Å². The fourth-order valence-electron chi connectivity index (χ4n) is 4.56. The van der Waals surface area contributed by atoms with E-state index in [1.54, 1.807) is 26.2 Å². The molecule has 2 amide bonds. The van der Waals surface area contributed by atoms with E-state index in [-0.39, 0.29) is 11.8 Å². The minimum Gasteiger partial charge on any atom is -0.345 e. The predicted molar refractivity (Wildman–Crippen MR) is 152 cm³/mol. The summed E-state index contributed by atoms with van der Waals surface area (Å²) in [6, 6.07) is 9.17. The van der Waals surface area contributed by atoms with E-state index in [2.05, 4.69) is 27.1 Å². The lowest BCUT2D eigenvalue weighted by Gasteiger charge is -2.16. The number of thiazole rings is 1. The first-order valence-corrected chi connectivity index (χ1v) is 13.9. The van der Waals surface area contributed by atoms with Crippen molar-refractivity contribution in [3.8, 4) is 39.4 Å². The van der Waals surface area contributed by atoms with E-state index < -0.39 is 0 Å². The molecule has 0 unspecified atom stereocenters. The summed E-state index contributed by atoms with van der Waals surface area (Å²) < 4.78 is 1.82. The number of amides is 2. The molecule has 39 heavy (non-hydrogen) atoms. The van der Waals surface area contributed by atoms with Gasteiger partial charge in [-0.15, -0.1) is 0 Å². The Morgan fingerprint density at radius 1 is 1.18 bits per heavy atom. The van der Waals surface area contributed by atoms with Crippen LogP contribution in [0.1, 0.15) is 47.1 Å².